The lowest BCUT2D eigenvalue weighted by molar-refractivity contribution is 1.10. The van der Waals surface area contributed by atoms with E-state index in [1.165, 1.54) is 5.56 Å². The molecule has 0 atom stereocenters. The zero-order chi connectivity index (χ0) is 13.7. The van der Waals surface area contributed by atoms with Crippen LogP contribution in [0.4, 0.5) is 17.1 Å². The van der Waals surface area contributed by atoms with E-state index in [2.05, 4.69) is 30.1 Å². The summed E-state index contributed by atoms with van der Waals surface area (Å²) in [6, 6.07) is 13.8. The van der Waals surface area contributed by atoms with E-state index >= 15 is 0 Å². The summed E-state index contributed by atoms with van der Waals surface area (Å²) in [6.45, 7) is 4.20. The summed E-state index contributed by atoms with van der Waals surface area (Å²) in [5.41, 5.74) is 10.8. The summed E-state index contributed by atoms with van der Waals surface area (Å²) < 4.78 is 0. The van der Waals surface area contributed by atoms with Gasteiger partial charge in [-0.05, 0) is 48.2 Å². The molecule has 0 saturated carbocycles. The van der Waals surface area contributed by atoms with Gasteiger partial charge in [0.2, 0.25) is 0 Å². The molecule has 3 nitrogen and oxygen atoms in total. The largest absolute Gasteiger partial charge is 0.399 e. The fourth-order valence-corrected chi connectivity index (χ4v) is 1.98. The number of nitrogen functional groups attached to an aromatic ring is 1. The Morgan fingerprint density at radius 3 is 2.37 bits per heavy atom. The SMILES string of the molecule is CCc1cc(N=Nc2ccccc2CC)ccc1N. The first kappa shape index (κ1) is 13.3. The third kappa shape index (κ3) is 3.19. The molecule has 0 radical (unpaired) electrons. The molecule has 3 heteroatoms. The number of nitrogens with two attached hydrogens (primary N) is 1. The Hall–Kier alpha value is -2.16. The van der Waals surface area contributed by atoms with Gasteiger partial charge >= 0.3 is 0 Å². The number of nitrogens with zero attached hydrogens (tertiary/aromatic N) is 2. The molecule has 0 saturated heterocycles. The zero-order valence-corrected chi connectivity index (χ0v) is 11.4. The molecule has 0 bridgehead atoms. The molecular weight excluding hydrogens is 234 g/mol. The third-order valence-electron chi connectivity index (χ3n) is 3.15. The highest BCUT2D eigenvalue weighted by molar-refractivity contribution is 5.55. The van der Waals surface area contributed by atoms with E-state index < -0.39 is 0 Å². The number of aryl methyl sites for hydroxylation is 2. The van der Waals surface area contributed by atoms with Crippen LogP contribution in [-0.4, -0.2) is 0 Å². The van der Waals surface area contributed by atoms with Crippen LogP contribution in [-0.2, 0) is 12.8 Å². The van der Waals surface area contributed by atoms with Crippen molar-refractivity contribution in [1.29, 1.82) is 0 Å². The van der Waals surface area contributed by atoms with E-state index in [-0.39, 0.29) is 0 Å². The lowest BCUT2D eigenvalue weighted by Crippen LogP contribution is -1.91. The molecule has 0 aliphatic carbocycles. The average Bonchev–Trinajstić information content (AvgIpc) is 2.46. The van der Waals surface area contributed by atoms with Crippen LogP contribution in [0.5, 0.6) is 0 Å². The summed E-state index contributed by atoms with van der Waals surface area (Å²) in [4.78, 5) is 0. The number of anilines is 1. The van der Waals surface area contributed by atoms with Crippen molar-refractivity contribution in [2.75, 3.05) is 5.73 Å². The lowest BCUT2D eigenvalue weighted by Gasteiger charge is -2.03. The molecule has 2 N–H and O–H groups in total. The van der Waals surface area contributed by atoms with E-state index in [1.807, 2.05) is 36.4 Å². The Kier molecular flexibility index (Phi) is 4.29. The monoisotopic (exact) mass is 253 g/mol. The number of rotatable bonds is 4. The number of hydrogen-bond donors (Lipinski definition) is 1. The summed E-state index contributed by atoms with van der Waals surface area (Å²) in [5.74, 6) is 0. The second-order valence-corrected chi connectivity index (χ2v) is 4.42. The third-order valence-corrected chi connectivity index (χ3v) is 3.15. The van der Waals surface area contributed by atoms with Gasteiger partial charge in [-0.2, -0.15) is 10.2 Å². The van der Waals surface area contributed by atoms with Crippen LogP contribution in [0.3, 0.4) is 0 Å². The fraction of sp³-hybridized carbons (Fsp3) is 0.250. The van der Waals surface area contributed by atoms with E-state index in [1.54, 1.807) is 0 Å². The second kappa shape index (κ2) is 6.14. The molecule has 0 aromatic heterocycles. The van der Waals surface area contributed by atoms with Gasteiger partial charge in [-0.25, -0.2) is 0 Å². The highest BCUT2D eigenvalue weighted by atomic mass is 15.1. The number of azo groups is 1. The molecule has 98 valence electrons. The van der Waals surface area contributed by atoms with Crippen molar-refractivity contribution in [3.05, 3.63) is 53.6 Å². The van der Waals surface area contributed by atoms with Gasteiger partial charge in [-0.15, -0.1) is 0 Å². The molecule has 0 amide bonds. The Balaban J connectivity index is 2.27. The molecule has 19 heavy (non-hydrogen) atoms. The Morgan fingerprint density at radius 2 is 1.63 bits per heavy atom. The maximum Gasteiger partial charge on any atom is 0.0888 e. The van der Waals surface area contributed by atoms with Crippen LogP contribution in [0.2, 0.25) is 0 Å². The molecule has 2 aromatic rings. The predicted molar refractivity (Wildman–Crippen MR) is 80.2 cm³/mol. The highest BCUT2D eigenvalue weighted by Crippen LogP contribution is 2.25. The number of hydrogen-bond acceptors (Lipinski definition) is 3. The van der Waals surface area contributed by atoms with Gasteiger partial charge in [-0.1, -0.05) is 32.0 Å². The van der Waals surface area contributed by atoms with Crippen LogP contribution in [0.1, 0.15) is 25.0 Å². The topological polar surface area (TPSA) is 50.7 Å². The molecule has 2 rings (SSSR count). The standard InChI is InChI=1S/C16H19N3/c1-3-12-7-5-6-8-16(12)19-18-14-9-10-15(17)13(4-2)11-14/h5-11H,3-4,17H2,1-2H3. The van der Waals surface area contributed by atoms with Gasteiger partial charge in [0, 0.05) is 5.69 Å². The van der Waals surface area contributed by atoms with E-state index in [4.69, 9.17) is 5.73 Å². The molecule has 0 spiro atoms. The minimum atomic E-state index is 0.815. The van der Waals surface area contributed by atoms with Crippen molar-refractivity contribution < 1.29 is 0 Å². The second-order valence-electron chi connectivity index (χ2n) is 4.42. The predicted octanol–water partition coefficient (Wildman–Crippen LogP) is 4.81. The normalized spacial score (nSPS) is 11.1. The van der Waals surface area contributed by atoms with Gasteiger partial charge in [0.25, 0.3) is 0 Å². The Morgan fingerprint density at radius 1 is 0.895 bits per heavy atom. The van der Waals surface area contributed by atoms with Crippen LogP contribution in [0.25, 0.3) is 0 Å². The van der Waals surface area contributed by atoms with Crippen molar-refractivity contribution in [2.45, 2.75) is 26.7 Å². The van der Waals surface area contributed by atoms with Gasteiger partial charge in [0.05, 0.1) is 11.4 Å². The van der Waals surface area contributed by atoms with Crippen LogP contribution < -0.4 is 5.73 Å². The first-order chi connectivity index (χ1) is 9.24. The highest BCUT2D eigenvalue weighted by Gasteiger charge is 2.00. The lowest BCUT2D eigenvalue weighted by atomic mass is 10.1. The molecule has 0 unspecified atom stereocenters. The van der Waals surface area contributed by atoms with Crippen LogP contribution in [0.15, 0.2) is 52.7 Å². The quantitative estimate of drug-likeness (QED) is 0.617. The average molecular weight is 253 g/mol. The van der Waals surface area contributed by atoms with E-state index in [0.717, 1.165) is 35.5 Å². The molecule has 0 heterocycles. The van der Waals surface area contributed by atoms with Gasteiger partial charge in [0.1, 0.15) is 0 Å². The Labute approximate surface area is 114 Å². The maximum atomic E-state index is 5.88. The Bertz CT molecular complexity index is 588. The maximum absolute atomic E-state index is 5.88. The van der Waals surface area contributed by atoms with Crippen molar-refractivity contribution in [2.24, 2.45) is 10.2 Å². The van der Waals surface area contributed by atoms with Gasteiger partial charge in [0.15, 0.2) is 0 Å². The van der Waals surface area contributed by atoms with Crippen molar-refractivity contribution in [3.8, 4) is 0 Å². The summed E-state index contributed by atoms with van der Waals surface area (Å²) >= 11 is 0. The molecule has 2 aromatic carbocycles. The van der Waals surface area contributed by atoms with Gasteiger partial charge in [-0.3, -0.25) is 0 Å². The molecule has 0 fully saturated rings. The van der Waals surface area contributed by atoms with E-state index in [9.17, 15) is 0 Å². The first-order valence-corrected chi connectivity index (χ1v) is 6.62. The summed E-state index contributed by atoms with van der Waals surface area (Å²) in [6.07, 6.45) is 1.86. The van der Waals surface area contributed by atoms with E-state index in [0.29, 0.717) is 0 Å². The summed E-state index contributed by atoms with van der Waals surface area (Å²) in [5, 5.41) is 8.64. The van der Waals surface area contributed by atoms with Crippen molar-refractivity contribution >= 4 is 17.1 Å². The molecule has 0 aliphatic rings. The zero-order valence-electron chi connectivity index (χ0n) is 11.4. The van der Waals surface area contributed by atoms with Crippen LogP contribution in [0, 0.1) is 0 Å². The summed E-state index contributed by atoms with van der Waals surface area (Å²) in [7, 11) is 0. The van der Waals surface area contributed by atoms with Gasteiger partial charge < -0.3 is 5.73 Å². The molecular formula is C16H19N3. The molecule has 0 aliphatic heterocycles. The minimum absolute atomic E-state index is 0.815. The number of benzene rings is 2. The van der Waals surface area contributed by atoms with Crippen molar-refractivity contribution in [3.63, 3.8) is 0 Å². The smallest absolute Gasteiger partial charge is 0.0888 e. The first-order valence-electron chi connectivity index (χ1n) is 6.62. The van der Waals surface area contributed by atoms with Crippen molar-refractivity contribution in [1.82, 2.24) is 0 Å². The van der Waals surface area contributed by atoms with Crippen LogP contribution >= 0.6 is 0 Å². The minimum Gasteiger partial charge on any atom is -0.399 e. The fourth-order valence-electron chi connectivity index (χ4n) is 1.98.